The van der Waals surface area contributed by atoms with Crippen molar-refractivity contribution in [1.82, 2.24) is 59.3 Å². The topological polar surface area (TPSA) is 307 Å². The lowest BCUT2D eigenvalue weighted by Gasteiger charge is -2.25. The quantitative estimate of drug-likeness (QED) is 0.0221. The van der Waals surface area contributed by atoms with Gasteiger partial charge in [0.25, 0.3) is 68.8 Å². The summed E-state index contributed by atoms with van der Waals surface area (Å²) >= 11 is 0. The van der Waals surface area contributed by atoms with Crippen molar-refractivity contribution in [3.8, 4) is 0 Å². The summed E-state index contributed by atoms with van der Waals surface area (Å²) in [6.45, 7) is 46.5. The molecule has 3 aliphatic carbocycles. The van der Waals surface area contributed by atoms with Crippen LogP contribution in [0.1, 0.15) is 388 Å². The lowest BCUT2D eigenvalue weighted by molar-refractivity contribution is -0.136. The summed E-state index contributed by atoms with van der Waals surface area (Å²) in [5.74, 6) is -4.25. The van der Waals surface area contributed by atoms with Crippen LogP contribution < -0.4 is 65.3 Å². The summed E-state index contributed by atoms with van der Waals surface area (Å²) in [5.41, 5.74) is 11.2. The Labute approximate surface area is 839 Å². The van der Waals surface area contributed by atoms with E-state index in [0.717, 1.165) is 196 Å². The number of hydrogen-bond acceptors (Lipinski definition) is 12. The first kappa shape index (κ1) is 120. The van der Waals surface area contributed by atoms with Gasteiger partial charge in [-0.05, 0) is 325 Å². The molecule has 143 heavy (non-hydrogen) atoms. The van der Waals surface area contributed by atoms with Crippen LogP contribution in [0.15, 0.2) is 102 Å². The molecule has 2 aromatic carbocycles. The highest BCUT2D eigenvalue weighted by molar-refractivity contribution is 5.97. The van der Waals surface area contributed by atoms with Crippen molar-refractivity contribution in [3.05, 3.63) is 270 Å². The minimum absolute atomic E-state index is 0.0178. The van der Waals surface area contributed by atoms with Crippen molar-refractivity contribution in [1.29, 1.82) is 0 Å². The molecule has 1 saturated carbocycles. The number of carbonyl (C=O) groups is 6. The molecule has 6 amide bonds. The standard InChI is InChI=1S/2C22H26F2N2O2.C19H30N2O2.C17H28N2O2.C16H23F3N2O2.C16H26N2O2/c1-14(2)25-21(27)17-12-16-7-5-3-4-6-8-20(16)26(22(17)28)13-15-9-10-18(23)19(24)11-15;1-14(2)25-21(27)18-11-15-7-5-3-4-6-8-20(15)26(22(18)28)13-16-9-10-17(23)12-19(16)24;1-5-17-14(4)11-16(18(22)20-13(2)3)19(23)21(17)12-15-9-7-6-8-10-15;1-7-15-13(6)10-14(16(20)18-12(4)5)17(21)19(15)9-8-11(2)3;1-5-13-11(4)9-12(14(22)20-10(2)3)15(23)21(13)8-6-7-16(17,18)19;1-6-8-9-18-14(7-2)12(5)10-13(16(18)20)15(19)17-11(3)4/h2*9-12,14H,3-8,13H2,1-2H3,(H,25,27);11,13,15H,5-10,12H2,1-4H3,(H,20,22);10-12H,7-9H2,1-6H3,(H,18,20);9-10H,5-8H2,1-4H3,(H,20,22);10-11H,6-9H2,1-5H3,(H,17,19). The molecule has 0 saturated heterocycles. The lowest BCUT2D eigenvalue weighted by Crippen LogP contribution is -2.38. The maximum atomic E-state index is 14.2. The molecule has 0 aliphatic heterocycles. The second kappa shape index (κ2) is 57.8. The molecule has 0 radical (unpaired) electrons. The van der Waals surface area contributed by atoms with Gasteiger partial charge >= 0.3 is 6.18 Å². The van der Waals surface area contributed by atoms with E-state index in [0.29, 0.717) is 49.0 Å². The molecule has 6 heterocycles. The smallest absolute Gasteiger partial charge is 0.350 e. The van der Waals surface area contributed by atoms with Crippen molar-refractivity contribution < 1.29 is 59.5 Å². The second-order valence-corrected chi connectivity index (χ2v) is 40.1. The minimum Gasteiger partial charge on any atom is -0.350 e. The lowest BCUT2D eigenvalue weighted by atomic mass is 9.89. The van der Waals surface area contributed by atoms with Crippen LogP contribution in [0.3, 0.4) is 0 Å². The molecule has 11 rings (SSSR count). The van der Waals surface area contributed by atoms with Crippen LogP contribution in [0, 0.1) is 62.8 Å². The Kier molecular flexibility index (Phi) is 48.6. The fraction of sp³-hybridized carbons (Fsp3) is 0.571. The molecular weight excluding hydrogens is 1840 g/mol. The fourth-order valence-corrected chi connectivity index (χ4v) is 18.4. The van der Waals surface area contributed by atoms with Gasteiger partial charge in [0.2, 0.25) is 0 Å². The van der Waals surface area contributed by atoms with Gasteiger partial charge in [0.1, 0.15) is 45.0 Å². The average Bonchev–Trinajstić information content (AvgIpc) is 0.852. The van der Waals surface area contributed by atoms with E-state index in [4.69, 9.17) is 0 Å². The number of aryl methyl sites for hydroxylation is 6. The summed E-state index contributed by atoms with van der Waals surface area (Å²) in [6.07, 6.45) is 18.0. The zero-order chi connectivity index (χ0) is 107. The van der Waals surface area contributed by atoms with E-state index in [9.17, 15) is 88.3 Å². The number of alkyl halides is 3. The van der Waals surface area contributed by atoms with E-state index in [2.05, 4.69) is 59.6 Å². The molecule has 6 N–H and O–H groups in total. The first-order chi connectivity index (χ1) is 67.4. The number of nitrogens with one attached hydrogen (secondary N) is 6. The molecular formula is C112H159F7N12O12. The van der Waals surface area contributed by atoms with Crippen molar-refractivity contribution in [3.63, 3.8) is 0 Å². The zero-order valence-electron chi connectivity index (χ0n) is 88.9. The molecule has 0 spiro atoms. The van der Waals surface area contributed by atoms with Gasteiger partial charge in [-0.3, -0.25) is 57.5 Å². The Morgan fingerprint density at radius 2 is 0.671 bits per heavy atom. The van der Waals surface area contributed by atoms with Crippen LogP contribution in [0.25, 0.3) is 0 Å². The second-order valence-electron chi connectivity index (χ2n) is 40.1. The van der Waals surface area contributed by atoms with E-state index in [-0.39, 0.29) is 141 Å². The Balaban J connectivity index is 0.000000264. The van der Waals surface area contributed by atoms with Gasteiger partial charge in [-0.15, -0.1) is 0 Å². The molecule has 1 fully saturated rings. The normalized spacial score (nSPS) is 13.2. The summed E-state index contributed by atoms with van der Waals surface area (Å²) in [4.78, 5) is 151. The summed E-state index contributed by atoms with van der Waals surface area (Å²) < 4.78 is 101. The number of carbonyl (C=O) groups excluding carboxylic acids is 6. The maximum Gasteiger partial charge on any atom is 0.389 e. The first-order valence-electron chi connectivity index (χ1n) is 51.7. The van der Waals surface area contributed by atoms with E-state index in [1.807, 2.05) is 115 Å². The largest absolute Gasteiger partial charge is 0.389 e. The van der Waals surface area contributed by atoms with Crippen LogP contribution in [-0.2, 0) is 90.6 Å². The molecule has 788 valence electrons. The van der Waals surface area contributed by atoms with E-state index < -0.39 is 64.7 Å². The van der Waals surface area contributed by atoms with E-state index in [1.165, 1.54) is 65.5 Å². The third kappa shape index (κ3) is 36.0. The number of nitrogens with zero attached hydrogens (tertiary/aromatic N) is 6. The van der Waals surface area contributed by atoms with Gasteiger partial charge in [-0.2, -0.15) is 13.2 Å². The fourth-order valence-electron chi connectivity index (χ4n) is 18.4. The molecule has 0 unspecified atom stereocenters. The predicted octanol–water partition coefficient (Wildman–Crippen LogP) is 20.1. The number of halogens is 7. The molecule has 0 bridgehead atoms. The van der Waals surface area contributed by atoms with Gasteiger partial charge in [-0.1, -0.05) is 112 Å². The number of aromatic nitrogens is 6. The monoisotopic (exact) mass is 2000 g/mol. The van der Waals surface area contributed by atoms with Crippen molar-refractivity contribution in [2.24, 2.45) is 11.8 Å². The predicted molar refractivity (Wildman–Crippen MR) is 555 cm³/mol. The number of rotatable bonds is 31. The number of amides is 6. The van der Waals surface area contributed by atoms with Crippen LogP contribution in [0.4, 0.5) is 30.7 Å². The number of fused-ring (bicyclic) bond motifs is 2. The molecule has 24 nitrogen and oxygen atoms in total. The first-order valence-corrected chi connectivity index (χ1v) is 51.7. The summed E-state index contributed by atoms with van der Waals surface area (Å²) in [6, 6.07) is 16.9. The third-order valence-electron chi connectivity index (χ3n) is 25.3. The number of hydrogen-bond donors (Lipinski definition) is 6. The van der Waals surface area contributed by atoms with E-state index in [1.54, 1.807) is 64.8 Å². The molecule has 3 aliphatic rings. The number of benzene rings is 2. The Morgan fingerprint density at radius 3 is 1.01 bits per heavy atom. The summed E-state index contributed by atoms with van der Waals surface area (Å²) in [7, 11) is 0. The van der Waals surface area contributed by atoms with Gasteiger partial charge < -0.3 is 59.3 Å². The maximum absolute atomic E-state index is 14.2. The minimum atomic E-state index is -4.25. The van der Waals surface area contributed by atoms with Crippen LogP contribution >= 0.6 is 0 Å². The average molecular weight is 2000 g/mol. The van der Waals surface area contributed by atoms with Gasteiger partial charge in [0.15, 0.2) is 11.6 Å². The van der Waals surface area contributed by atoms with Crippen molar-refractivity contribution in [2.75, 3.05) is 0 Å². The highest BCUT2D eigenvalue weighted by Crippen LogP contribution is 2.29. The summed E-state index contributed by atoms with van der Waals surface area (Å²) in [5, 5.41) is 16.6. The number of pyridine rings is 6. The van der Waals surface area contributed by atoms with E-state index >= 15 is 0 Å². The van der Waals surface area contributed by atoms with Crippen molar-refractivity contribution in [2.45, 2.75) is 408 Å². The molecule has 0 atom stereocenters. The third-order valence-corrected chi connectivity index (χ3v) is 25.3. The van der Waals surface area contributed by atoms with Crippen molar-refractivity contribution >= 4 is 35.4 Å². The highest BCUT2D eigenvalue weighted by atomic mass is 19.4. The zero-order valence-corrected chi connectivity index (χ0v) is 88.9. The Hall–Kier alpha value is -11.5. The van der Waals surface area contributed by atoms with Gasteiger partial charge in [0.05, 0.1) is 13.1 Å². The number of unbranched alkanes of at least 4 members (excludes halogenated alkanes) is 1. The molecule has 6 aromatic heterocycles. The van der Waals surface area contributed by atoms with Gasteiger partial charge in [0, 0.05) is 115 Å². The SMILES string of the molecule is CC(C)NC(=O)c1cc2c(n(Cc3ccc(F)c(F)c3)c1=O)CCCCCC2.CC(C)NC(=O)c1cc2c(n(Cc3ccc(F)cc3F)c1=O)CCCCCC2.CCCCn1c(CC)c(C)cc(C(=O)NC(C)C)c1=O.CCc1c(C)cc(C(=O)NC(C)C)c(=O)n1CC1CCCCC1.CCc1c(C)cc(C(=O)NC(C)C)c(=O)n1CCC(C)C.CCc1c(C)cc(C(=O)NC(C)C)c(=O)n1CCCC(F)(F)F. The Bertz CT molecular complexity index is 6050. The van der Waals surface area contributed by atoms with Gasteiger partial charge in [-0.25, -0.2) is 17.6 Å². The highest BCUT2D eigenvalue weighted by Gasteiger charge is 2.31. The van der Waals surface area contributed by atoms with Crippen LogP contribution in [0.5, 0.6) is 0 Å². The van der Waals surface area contributed by atoms with Crippen LogP contribution in [-0.4, -0.2) is 105 Å². The molecule has 8 aromatic rings. The van der Waals surface area contributed by atoms with Crippen LogP contribution in [0.2, 0.25) is 0 Å². The Morgan fingerprint density at radius 1 is 0.350 bits per heavy atom. The molecule has 31 heteroatoms.